The van der Waals surface area contributed by atoms with Crippen molar-refractivity contribution in [2.24, 2.45) is 0 Å². The van der Waals surface area contributed by atoms with Crippen LogP contribution in [-0.2, 0) is 4.74 Å². The predicted molar refractivity (Wildman–Crippen MR) is 68.2 cm³/mol. The smallest absolute Gasteiger partial charge is 0.151 e. The van der Waals surface area contributed by atoms with Crippen LogP contribution in [0, 0.1) is 0 Å². The normalized spacial score (nSPS) is 8.94. The summed E-state index contributed by atoms with van der Waals surface area (Å²) in [7, 11) is 0. The Labute approximate surface area is 104 Å². The minimum Gasteiger partial charge on any atom is -0.373 e. The van der Waals surface area contributed by atoms with Gasteiger partial charge in [-0.2, -0.15) is 0 Å². The van der Waals surface area contributed by atoms with Crippen molar-refractivity contribution in [3.63, 3.8) is 0 Å². The first-order valence-corrected chi connectivity index (χ1v) is 5.47. The summed E-state index contributed by atoms with van der Waals surface area (Å²) in [6, 6.07) is 0. The summed E-state index contributed by atoms with van der Waals surface area (Å²) in [5.41, 5.74) is 0. The maximum absolute atomic E-state index is 7.92. The van der Waals surface area contributed by atoms with Gasteiger partial charge in [0.25, 0.3) is 0 Å². The van der Waals surface area contributed by atoms with Crippen LogP contribution in [0.1, 0.15) is 26.7 Å². The number of hydrogen-bond acceptors (Lipinski definition) is 5. The average molecular weight is 250 g/mol. The monoisotopic (exact) mass is 250 g/mol. The molecule has 0 amide bonds. The van der Waals surface area contributed by atoms with Gasteiger partial charge in [-0.25, -0.2) is 0 Å². The zero-order chi connectivity index (χ0) is 14.1. The third-order valence-electron chi connectivity index (χ3n) is 1.20. The van der Waals surface area contributed by atoms with E-state index >= 15 is 0 Å². The number of aliphatic hydroxyl groups is 4. The van der Waals surface area contributed by atoms with E-state index in [1.54, 1.807) is 26.0 Å². The van der Waals surface area contributed by atoms with E-state index in [4.69, 9.17) is 25.2 Å². The summed E-state index contributed by atoms with van der Waals surface area (Å²) in [5, 5.41) is 31.7. The van der Waals surface area contributed by atoms with Crippen LogP contribution in [0.2, 0.25) is 0 Å². The lowest BCUT2D eigenvalue weighted by Crippen LogP contribution is -1.99. The molecule has 0 aliphatic rings. The fourth-order valence-electron chi connectivity index (χ4n) is 0.235. The van der Waals surface area contributed by atoms with E-state index in [9.17, 15) is 0 Å². The molecular formula is C12H26O5. The number of aliphatic hydroxyl groups excluding tert-OH is 2. The molecule has 0 unspecified atom stereocenters. The zero-order valence-corrected chi connectivity index (χ0v) is 10.7. The Morgan fingerprint density at radius 2 is 1.12 bits per heavy atom. The van der Waals surface area contributed by atoms with Gasteiger partial charge < -0.3 is 25.2 Å². The summed E-state index contributed by atoms with van der Waals surface area (Å²) >= 11 is 0. The molecule has 0 bridgehead atoms. The topological polar surface area (TPSA) is 90.2 Å². The van der Waals surface area contributed by atoms with Gasteiger partial charge in [-0.3, -0.25) is 0 Å². The van der Waals surface area contributed by atoms with E-state index < -0.39 is 12.6 Å². The highest BCUT2D eigenvalue weighted by molar-refractivity contribution is 4.68. The van der Waals surface area contributed by atoms with Crippen molar-refractivity contribution in [3.8, 4) is 0 Å². The van der Waals surface area contributed by atoms with E-state index in [0.717, 1.165) is 0 Å². The van der Waals surface area contributed by atoms with Gasteiger partial charge in [-0.1, -0.05) is 26.0 Å². The first-order chi connectivity index (χ1) is 7.95. The molecule has 0 aliphatic heterocycles. The number of hydrogen-bond donors (Lipinski definition) is 4. The molecule has 17 heavy (non-hydrogen) atoms. The van der Waals surface area contributed by atoms with Gasteiger partial charge >= 0.3 is 0 Å². The van der Waals surface area contributed by atoms with Crippen LogP contribution in [0.25, 0.3) is 0 Å². The molecule has 0 saturated heterocycles. The molecule has 0 saturated carbocycles. The first-order valence-electron chi connectivity index (χ1n) is 5.47. The highest BCUT2D eigenvalue weighted by Crippen LogP contribution is 1.77. The quantitative estimate of drug-likeness (QED) is 0.318. The van der Waals surface area contributed by atoms with Crippen LogP contribution in [0.4, 0.5) is 0 Å². The van der Waals surface area contributed by atoms with Crippen molar-refractivity contribution in [3.05, 3.63) is 25.3 Å². The van der Waals surface area contributed by atoms with Gasteiger partial charge in [0, 0.05) is 0 Å². The third kappa shape index (κ3) is 50.8. The highest BCUT2D eigenvalue weighted by Gasteiger charge is 1.83. The van der Waals surface area contributed by atoms with E-state index in [-0.39, 0.29) is 0 Å². The molecule has 0 fully saturated rings. The fraction of sp³-hybridized carbons (Fsp3) is 0.667. The van der Waals surface area contributed by atoms with Crippen LogP contribution in [-0.4, -0.2) is 46.2 Å². The van der Waals surface area contributed by atoms with E-state index in [2.05, 4.69) is 13.2 Å². The van der Waals surface area contributed by atoms with Crippen molar-refractivity contribution >= 4 is 0 Å². The lowest BCUT2D eigenvalue weighted by molar-refractivity contribution is -0.0420. The van der Waals surface area contributed by atoms with Crippen LogP contribution in [0.15, 0.2) is 25.3 Å². The molecular weight excluding hydrogens is 224 g/mol. The van der Waals surface area contributed by atoms with Crippen LogP contribution in [0.5, 0.6) is 0 Å². The Kier molecular flexibility index (Phi) is 26.2. The van der Waals surface area contributed by atoms with Crippen LogP contribution < -0.4 is 0 Å². The van der Waals surface area contributed by atoms with Crippen molar-refractivity contribution in [1.82, 2.24) is 0 Å². The van der Waals surface area contributed by atoms with Gasteiger partial charge in [-0.15, -0.1) is 13.2 Å². The molecule has 0 rings (SSSR count). The minimum atomic E-state index is -1.12. The van der Waals surface area contributed by atoms with Crippen molar-refractivity contribution in [1.29, 1.82) is 0 Å². The lowest BCUT2D eigenvalue weighted by Gasteiger charge is -1.90. The second-order valence-corrected chi connectivity index (χ2v) is 2.89. The predicted octanol–water partition coefficient (Wildman–Crippen LogP) is 0.789. The van der Waals surface area contributed by atoms with Crippen molar-refractivity contribution in [2.75, 3.05) is 13.2 Å². The van der Waals surface area contributed by atoms with Gasteiger partial charge in [0.1, 0.15) is 0 Å². The summed E-state index contributed by atoms with van der Waals surface area (Å²) < 4.78 is 4.90. The standard InChI is InChI=1S/C6H10O.2C3H8O2/c1-3-5-7-6-4-2;2*1-2-3(4)5/h3-4H,1-2,5-6H2;2*3-5H,2H2,1H3. The van der Waals surface area contributed by atoms with E-state index in [0.29, 0.717) is 26.1 Å². The fourth-order valence-corrected chi connectivity index (χ4v) is 0.235. The zero-order valence-electron chi connectivity index (χ0n) is 10.7. The molecule has 0 heterocycles. The molecule has 0 spiro atoms. The molecule has 5 heteroatoms. The molecule has 0 atom stereocenters. The van der Waals surface area contributed by atoms with E-state index in [1.807, 2.05) is 0 Å². The Bertz CT molecular complexity index is 130. The third-order valence-corrected chi connectivity index (χ3v) is 1.20. The lowest BCUT2D eigenvalue weighted by atomic mass is 10.5. The maximum Gasteiger partial charge on any atom is 0.151 e. The maximum atomic E-state index is 7.92. The van der Waals surface area contributed by atoms with Crippen LogP contribution >= 0.6 is 0 Å². The van der Waals surface area contributed by atoms with Crippen molar-refractivity contribution in [2.45, 2.75) is 39.3 Å². The molecule has 104 valence electrons. The van der Waals surface area contributed by atoms with Crippen LogP contribution in [0.3, 0.4) is 0 Å². The number of ether oxygens (including phenoxy) is 1. The first kappa shape index (κ1) is 21.6. The average Bonchev–Trinajstić information content (AvgIpc) is 2.31. The largest absolute Gasteiger partial charge is 0.373 e. The molecule has 0 aromatic heterocycles. The Morgan fingerprint density at radius 3 is 1.24 bits per heavy atom. The molecule has 0 aromatic rings. The Balaban J connectivity index is -0.000000177. The molecule has 0 aromatic carbocycles. The Morgan fingerprint density at radius 1 is 0.882 bits per heavy atom. The Hall–Kier alpha value is -0.720. The SMILES string of the molecule is C=CCOCC=C.CCC(O)O.CCC(O)O. The number of rotatable bonds is 6. The van der Waals surface area contributed by atoms with Gasteiger partial charge in [0.15, 0.2) is 12.6 Å². The second-order valence-electron chi connectivity index (χ2n) is 2.89. The molecule has 0 radical (unpaired) electrons. The molecule has 0 aliphatic carbocycles. The van der Waals surface area contributed by atoms with Gasteiger partial charge in [0.05, 0.1) is 13.2 Å². The highest BCUT2D eigenvalue weighted by atomic mass is 16.5. The minimum absolute atomic E-state index is 0.417. The summed E-state index contributed by atoms with van der Waals surface area (Å²) in [5.74, 6) is 0. The van der Waals surface area contributed by atoms with E-state index in [1.165, 1.54) is 0 Å². The second kappa shape index (κ2) is 20.7. The summed E-state index contributed by atoms with van der Waals surface area (Å²) in [4.78, 5) is 0. The van der Waals surface area contributed by atoms with Gasteiger partial charge in [-0.05, 0) is 12.8 Å². The van der Waals surface area contributed by atoms with Gasteiger partial charge in [0.2, 0.25) is 0 Å². The van der Waals surface area contributed by atoms with Crippen molar-refractivity contribution < 1.29 is 25.2 Å². The summed E-state index contributed by atoms with van der Waals surface area (Å²) in [6.45, 7) is 11.6. The molecule has 5 nitrogen and oxygen atoms in total. The molecule has 4 N–H and O–H groups in total. The summed E-state index contributed by atoms with van der Waals surface area (Å²) in [6.07, 6.45) is 2.03.